The smallest absolute Gasteiger partial charge is 0.241 e. The first-order valence-corrected chi connectivity index (χ1v) is 12.1. The predicted octanol–water partition coefficient (Wildman–Crippen LogP) is 3.33. The summed E-state index contributed by atoms with van der Waals surface area (Å²) in [6.07, 6.45) is 8.90. The van der Waals surface area contributed by atoms with Gasteiger partial charge in [-0.2, -0.15) is 0 Å². The molecular weight excluding hydrogens is 374 g/mol. The lowest BCUT2D eigenvalue weighted by Gasteiger charge is -2.35. The fraction of sp³-hybridized carbons (Fsp3) is 0.680. The number of piperidine rings is 1. The summed E-state index contributed by atoms with van der Waals surface area (Å²) >= 11 is 0. The summed E-state index contributed by atoms with van der Waals surface area (Å²) in [5.41, 5.74) is 2.39. The number of nitrogens with zero attached hydrogens (tertiary/aromatic N) is 3. The highest BCUT2D eigenvalue weighted by molar-refractivity contribution is 5.96. The minimum atomic E-state index is 0.222. The van der Waals surface area contributed by atoms with E-state index in [0.29, 0.717) is 24.8 Å². The molecule has 3 fully saturated rings. The van der Waals surface area contributed by atoms with Crippen LogP contribution in [-0.2, 0) is 16.0 Å². The average Bonchev–Trinajstić information content (AvgIpc) is 3.37. The van der Waals surface area contributed by atoms with E-state index < -0.39 is 0 Å². The third-order valence-corrected chi connectivity index (χ3v) is 8.02. The van der Waals surface area contributed by atoms with Crippen LogP contribution in [0.25, 0.3) is 0 Å². The number of amides is 2. The Kier molecular flexibility index (Phi) is 5.81. The van der Waals surface area contributed by atoms with Crippen molar-refractivity contribution in [1.82, 2.24) is 9.80 Å². The first-order chi connectivity index (χ1) is 14.7. The summed E-state index contributed by atoms with van der Waals surface area (Å²) in [5.74, 6) is 2.65. The molecule has 2 atom stereocenters. The second-order valence-corrected chi connectivity index (χ2v) is 9.95. The van der Waals surface area contributed by atoms with Gasteiger partial charge in [-0.1, -0.05) is 24.6 Å². The van der Waals surface area contributed by atoms with E-state index in [1.54, 1.807) is 0 Å². The van der Waals surface area contributed by atoms with Crippen molar-refractivity contribution < 1.29 is 9.59 Å². The number of hydrogen-bond acceptors (Lipinski definition) is 3. The van der Waals surface area contributed by atoms with Crippen molar-refractivity contribution in [2.45, 2.75) is 51.4 Å². The third-order valence-electron chi connectivity index (χ3n) is 8.02. The summed E-state index contributed by atoms with van der Waals surface area (Å²) in [7, 11) is 0. The standard InChI is InChI=1S/C25H35N3O2/c29-24(27-16-21-6-3-7-22(21)17-27)15-19-10-13-26(14-11-19)18-25(30)28-12-4-8-20-5-1-2-9-23(20)28/h1-2,5,9,19,21-22H,3-4,6-8,10-18H2. The fourth-order valence-corrected chi connectivity index (χ4v) is 6.23. The van der Waals surface area contributed by atoms with E-state index in [1.807, 2.05) is 11.0 Å². The fourth-order valence-electron chi connectivity index (χ4n) is 6.23. The van der Waals surface area contributed by atoms with Crippen molar-refractivity contribution in [1.29, 1.82) is 0 Å². The van der Waals surface area contributed by atoms with Gasteiger partial charge in [-0.25, -0.2) is 0 Å². The Bertz CT molecular complexity index is 774. The van der Waals surface area contributed by atoms with Crippen LogP contribution in [0.5, 0.6) is 0 Å². The van der Waals surface area contributed by atoms with Gasteiger partial charge in [0, 0.05) is 31.7 Å². The molecule has 2 unspecified atom stereocenters. The highest BCUT2D eigenvalue weighted by Crippen LogP contribution is 2.38. The molecule has 0 radical (unpaired) electrons. The van der Waals surface area contributed by atoms with E-state index in [9.17, 15) is 9.59 Å². The molecule has 4 aliphatic rings. The molecule has 3 aliphatic heterocycles. The van der Waals surface area contributed by atoms with Crippen molar-refractivity contribution >= 4 is 17.5 Å². The van der Waals surface area contributed by atoms with E-state index >= 15 is 0 Å². The van der Waals surface area contributed by atoms with Crippen molar-refractivity contribution in [2.75, 3.05) is 44.2 Å². The van der Waals surface area contributed by atoms with Gasteiger partial charge in [0.25, 0.3) is 0 Å². The van der Waals surface area contributed by atoms with Crippen LogP contribution in [0.1, 0.15) is 50.5 Å². The number of para-hydroxylation sites is 1. The molecule has 162 valence electrons. The maximum absolute atomic E-state index is 13.0. The lowest BCUT2D eigenvalue weighted by Crippen LogP contribution is -2.45. The molecule has 5 nitrogen and oxygen atoms in total. The van der Waals surface area contributed by atoms with Gasteiger partial charge in [-0.15, -0.1) is 0 Å². The molecule has 2 saturated heterocycles. The summed E-state index contributed by atoms with van der Waals surface area (Å²) in [6.45, 7) is 5.22. The predicted molar refractivity (Wildman–Crippen MR) is 118 cm³/mol. The Morgan fingerprint density at radius 1 is 0.867 bits per heavy atom. The Hall–Kier alpha value is -1.88. The zero-order valence-electron chi connectivity index (χ0n) is 18.1. The highest BCUT2D eigenvalue weighted by atomic mass is 16.2. The molecule has 1 aliphatic carbocycles. The molecule has 5 rings (SSSR count). The molecule has 30 heavy (non-hydrogen) atoms. The number of fused-ring (bicyclic) bond motifs is 2. The van der Waals surface area contributed by atoms with Crippen LogP contribution in [0.4, 0.5) is 5.69 Å². The first-order valence-electron chi connectivity index (χ1n) is 12.1. The van der Waals surface area contributed by atoms with Gasteiger partial charge in [0.15, 0.2) is 0 Å². The van der Waals surface area contributed by atoms with Gasteiger partial charge in [0.1, 0.15) is 0 Å². The second kappa shape index (κ2) is 8.70. The van der Waals surface area contributed by atoms with E-state index in [-0.39, 0.29) is 5.91 Å². The van der Waals surface area contributed by atoms with Crippen molar-refractivity contribution in [3.8, 4) is 0 Å². The molecule has 5 heteroatoms. The molecule has 2 amide bonds. The minimum Gasteiger partial charge on any atom is -0.342 e. The summed E-state index contributed by atoms with van der Waals surface area (Å²) < 4.78 is 0. The number of rotatable bonds is 4. The Balaban J connectivity index is 1.08. The Morgan fingerprint density at radius 2 is 1.60 bits per heavy atom. The van der Waals surface area contributed by atoms with Crippen molar-refractivity contribution in [2.24, 2.45) is 17.8 Å². The number of aryl methyl sites for hydroxylation is 1. The van der Waals surface area contributed by atoms with Gasteiger partial charge >= 0.3 is 0 Å². The average molecular weight is 410 g/mol. The van der Waals surface area contributed by atoms with Gasteiger partial charge in [0.2, 0.25) is 11.8 Å². The second-order valence-electron chi connectivity index (χ2n) is 9.95. The normalized spacial score (nSPS) is 27.2. The number of anilines is 1. The van der Waals surface area contributed by atoms with E-state index in [0.717, 1.165) is 75.9 Å². The van der Waals surface area contributed by atoms with Crippen LogP contribution >= 0.6 is 0 Å². The van der Waals surface area contributed by atoms with E-state index in [2.05, 4.69) is 28.0 Å². The Labute approximate surface area is 180 Å². The zero-order valence-corrected chi connectivity index (χ0v) is 18.1. The van der Waals surface area contributed by atoms with E-state index in [1.165, 1.54) is 24.8 Å². The minimum absolute atomic E-state index is 0.222. The van der Waals surface area contributed by atoms with Crippen LogP contribution in [0, 0.1) is 17.8 Å². The molecule has 0 spiro atoms. The quantitative estimate of drug-likeness (QED) is 0.766. The molecule has 0 aromatic heterocycles. The van der Waals surface area contributed by atoms with Gasteiger partial charge in [-0.3, -0.25) is 14.5 Å². The molecule has 3 heterocycles. The molecule has 1 aromatic rings. The Morgan fingerprint density at radius 3 is 2.37 bits per heavy atom. The summed E-state index contributed by atoms with van der Waals surface area (Å²) in [4.78, 5) is 32.2. The van der Waals surface area contributed by atoms with Crippen LogP contribution in [0.15, 0.2) is 24.3 Å². The molecule has 1 saturated carbocycles. The third kappa shape index (κ3) is 4.14. The zero-order chi connectivity index (χ0) is 20.5. The topological polar surface area (TPSA) is 43.9 Å². The van der Waals surface area contributed by atoms with Crippen molar-refractivity contribution in [3.05, 3.63) is 29.8 Å². The molecule has 1 aromatic carbocycles. The lowest BCUT2D eigenvalue weighted by molar-refractivity contribution is -0.132. The van der Waals surface area contributed by atoms with Crippen LogP contribution in [0.2, 0.25) is 0 Å². The maximum Gasteiger partial charge on any atom is 0.241 e. The first kappa shape index (κ1) is 20.0. The number of hydrogen-bond donors (Lipinski definition) is 0. The lowest BCUT2D eigenvalue weighted by atomic mass is 9.93. The van der Waals surface area contributed by atoms with Crippen LogP contribution in [-0.4, -0.2) is 60.9 Å². The number of likely N-dealkylation sites (tertiary alicyclic amines) is 2. The summed E-state index contributed by atoms with van der Waals surface area (Å²) in [5, 5.41) is 0. The van der Waals surface area contributed by atoms with E-state index in [4.69, 9.17) is 0 Å². The molecule has 0 bridgehead atoms. The highest BCUT2D eigenvalue weighted by Gasteiger charge is 2.38. The molecule has 0 N–H and O–H groups in total. The van der Waals surface area contributed by atoms with Crippen LogP contribution < -0.4 is 4.90 Å². The number of carbonyl (C=O) groups excluding carboxylic acids is 2. The van der Waals surface area contributed by atoms with Gasteiger partial charge in [-0.05, 0) is 81.0 Å². The van der Waals surface area contributed by atoms with Gasteiger partial charge in [0.05, 0.1) is 6.54 Å². The number of carbonyl (C=O) groups is 2. The monoisotopic (exact) mass is 409 g/mol. The molecular formula is C25H35N3O2. The van der Waals surface area contributed by atoms with Crippen LogP contribution in [0.3, 0.4) is 0 Å². The summed E-state index contributed by atoms with van der Waals surface area (Å²) in [6, 6.07) is 8.31. The van der Waals surface area contributed by atoms with Gasteiger partial charge < -0.3 is 9.80 Å². The maximum atomic E-state index is 13.0. The SMILES string of the molecule is O=C(CC1CCN(CC(=O)N2CCCc3ccccc32)CC1)N1CC2CCCC2C1. The van der Waals surface area contributed by atoms with Crippen molar-refractivity contribution in [3.63, 3.8) is 0 Å². The number of benzene rings is 1. The largest absolute Gasteiger partial charge is 0.342 e.